The van der Waals surface area contributed by atoms with Crippen LogP contribution < -0.4 is 14.9 Å². The quantitative estimate of drug-likeness (QED) is 0.153. The molecule has 1 unspecified atom stereocenters. The summed E-state index contributed by atoms with van der Waals surface area (Å²) >= 11 is 1.01. The first kappa shape index (κ1) is 34.4. The number of aromatic amines is 1. The summed E-state index contributed by atoms with van der Waals surface area (Å²) in [5.74, 6) is 0.977. The van der Waals surface area contributed by atoms with Crippen molar-refractivity contribution in [1.82, 2.24) is 20.1 Å². The van der Waals surface area contributed by atoms with Crippen LogP contribution in [0.5, 0.6) is 11.5 Å². The van der Waals surface area contributed by atoms with Crippen LogP contribution in [0.3, 0.4) is 0 Å². The molecule has 11 heteroatoms. The number of aliphatic hydroxyl groups is 1. The highest BCUT2D eigenvalue weighted by Crippen LogP contribution is 2.32. The zero-order chi connectivity index (χ0) is 32.2. The monoisotopic (exact) mass is 654 g/mol. The Bertz CT molecular complexity index is 1420. The number of para-hydroxylation sites is 1. The van der Waals surface area contributed by atoms with Crippen LogP contribution >= 0.6 is 11.3 Å². The maximum absolute atomic E-state index is 12.9. The lowest BCUT2D eigenvalue weighted by atomic mass is 9.89. The number of carbonyl (C=O) groups is 1. The Labute approximate surface area is 275 Å². The van der Waals surface area contributed by atoms with E-state index in [0.717, 1.165) is 62.5 Å². The third-order valence-corrected chi connectivity index (χ3v) is 10.2. The van der Waals surface area contributed by atoms with Crippen molar-refractivity contribution in [2.24, 2.45) is 0 Å². The number of fused-ring (bicyclic) bond motifs is 1. The third kappa shape index (κ3) is 9.78. The molecule has 5 rings (SSSR count). The number of phenolic OH excluding ortho intramolecular Hbond substituents is 1. The van der Waals surface area contributed by atoms with Gasteiger partial charge in [0.05, 0.1) is 36.0 Å². The number of nitrogens with zero attached hydrogens (tertiary/aromatic N) is 2. The molecule has 10 nitrogen and oxygen atoms in total. The summed E-state index contributed by atoms with van der Waals surface area (Å²) in [6.07, 6.45) is 10.1. The molecule has 2 saturated heterocycles. The Morgan fingerprint density at radius 2 is 1.76 bits per heavy atom. The zero-order valence-corrected chi connectivity index (χ0v) is 27.7. The van der Waals surface area contributed by atoms with E-state index in [0.29, 0.717) is 55.0 Å². The average Bonchev–Trinajstić information content (AvgIpc) is 3.47. The van der Waals surface area contributed by atoms with Crippen molar-refractivity contribution in [3.8, 4) is 11.5 Å². The number of H-pyrrole nitrogens is 1. The summed E-state index contributed by atoms with van der Waals surface area (Å²) in [7, 11) is 0. The Kier molecular flexibility index (Phi) is 12.9. The van der Waals surface area contributed by atoms with E-state index in [1.165, 1.54) is 44.6 Å². The van der Waals surface area contributed by atoms with E-state index >= 15 is 0 Å². The number of ether oxygens (including phenoxy) is 2. The van der Waals surface area contributed by atoms with Gasteiger partial charge in [-0.3, -0.25) is 9.59 Å². The van der Waals surface area contributed by atoms with Gasteiger partial charge < -0.3 is 39.8 Å². The van der Waals surface area contributed by atoms with E-state index in [1.54, 1.807) is 6.07 Å². The number of aromatic nitrogens is 1. The maximum atomic E-state index is 12.9. The lowest BCUT2D eigenvalue weighted by molar-refractivity contribution is -0.159. The number of rotatable bonds is 17. The molecule has 2 aliphatic heterocycles. The molecule has 0 radical (unpaired) electrons. The fourth-order valence-electron chi connectivity index (χ4n) is 6.60. The van der Waals surface area contributed by atoms with Gasteiger partial charge in [-0.05, 0) is 57.0 Å². The number of aromatic hydroxyl groups is 1. The van der Waals surface area contributed by atoms with E-state index in [-0.39, 0.29) is 22.1 Å². The van der Waals surface area contributed by atoms with Gasteiger partial charge in [-0.15, -0.1) is 0 Å². The number of likely N-dealkylation sites (tertiary alicyclic amines) is 1. The lowest BCUT2D eigenvalue weighted by Gasteiger charge is -2.47. The molecule has 1 aromatic heterocycles. The lowest BCUT2D eigenvalue weighted by Crippen LogP contribution is -2.58. The first-order valence-corrected chi connectivity index (χ1v) is 17.8. The molecule has 3 heterocycles. The molecule has 2 aliphatic rings. The molecule has 0 saturated carbocycles. The van der Waals surface area contributed by atoms with Gasteiger partial charge in [0.2, 0.25) is 5.91 Å². The summed E-state index contributed by atoms with van der Waals surface area (Å²) < 4.78 is 12.6. The molecular formula is C35H50N4O6S. The molecule has 46 heavy (non-hydrogen) atoms. The number of carbonyl (C=O) groups excluding carboxylic acids is 1. The largest absolute Gasteiger partial charge is 0.506 e. The minimum absolute atomic E-state index is 0.0239. The van der Waals surface area contributed by atoms with Gasteiger partial charge in [0.15, 0.2) is 0 Å². The van der Waals surface area contributed by atoms with Gasteiger partial charge in [-0.25, -0.2) is 0 Å². The van der Waals surface area contributed by atoms with E-state index in [9.17, 15) is 19.8 Å². The van der Waals surface area contributed by atoms with Crippen molar-refractivity contribution in [2.75, 3.05) is 59.0 Å². The fraction of sp³-hybridized carbons (Fsp3) is 0.600. The van der Waals surface area contributed by atoms with Crippen LogP contribution in [0.2, 0.25) is 0 Å². The smallest absolute Gasteiger partial charge is 0.305 e. The van der Waals surface area contributed by atoms with Crippen LogP contribution in [0.15, 0.2) is 47.3 Å². The Balaban J connectivity index is 0.866. The van der Waals surface area contributed by atoms with Gasteiger partial charge in [0, 0.05) is 38.3 Å². The van der Waals surface area contributed by atoms with Gasteiger partial charge in [0.1, 0.15) is 17.0 Å². The summed E-state index contributed by atoms with van der Waals surface area (Å²) in [5, 5.41) is 23.9. The minimum Gasteiger partial charge on any atom is -0.506 e. The number of piperidine rings is 1. The summed E-state index contributed by atoms with van der Waals surface area (Å²) in [6, 6.07) is 12.8. The number of hydrogen-bond acceptors (Lipinski definition) is 9. The molecule has 3 aromatic rings. The zero-order valence-electron chi connectivity index (χ0n) is 26.9. The second-order valence-corrected chi connectivity index (χ2v) is 13.7. The van der Waals surface area contributed by atoms with E-state index in [4.69, 9.17) is 9.47 Å². The number of thiazole rings is 1. The van der Waals surface area contributed by atoms with Crippen LogP contribution in [0, 0.1) is 0 Å². The van der Waals surface area contributed by atoms with E-state index in [1.807, 2.05) is 35.2 Å². The first-order chi connectivity index (χ1) is 22.4. The van der Waals surface area contributed by atoms with Crippen molar-refractivity contribution in [2.45, 2.75) is 75.9 Å². The molecule has 252 valence electrons. The van der Waals surface area contributed by atoms with Gasteiger partial charge in [-0.2, -0.15) is 0 Å². The molecule has 2 fully saturated rings. The topological polar surface area (TPSA) is 127 Å². The van der Waals surface area contributed by atoms with Crippen molar-refractivity contribution in [1.29, 1.82) is 0 Å². The second kappa shape index (κ2) is 17.3. The molecular weight excluding hydrogens is 604 g/mol. The molecule has 0 aliphatic carbocycles. The second-order valence-electron chi connectivity index (χ2n) is 12.7. The molecule has 4 N–H and O–H groups in total. The number of nitrogens with one attached hydrogen (secondary N) is 2. The van der Waals surface area contributed by atoms with Gasteiger partial charge in [0.25, 0.3) is 0 Å². The van der Waals surface area contributed by atoms with Gasteiger partial charge >= 0.3 is 4.87 Å². The number of amides is 1. The van der Waals surface area contributed by atoms with E-state index < -0.39 is 6.10 Å². The van der Waals surface area contributed by atoms with Crippen molar-refractivity contribution in [3.05, 3.63) is 57.7 Å². The van der Waals surface area contributed by atoms with Crippen LogP contribution in [0.1, 0.15) is 75.9 Å². The Morgan fingerprint density at radius 1 is 1.02 bits per heavy atom. The van der Waals surface area contributed by atoms with Crippen molar-refractivity contribution >= 4 is 27.5 Å². The maximum Gasteiger partial charge on any atom is 0.305 e. The average molecular weight is 655 g/mol. The number of phenols is 1. The number of benzene rings is 2. The third-order valence-electron chi connectivity index (χ3n) is 9.31. The summed E-state index contributed by atoms with van der Waals surface area (Å²) in [6.45, 7) is 6.83. The number of morpholine rings is 1. The summed E-state index contributed by atoms with van der Waals surface area (Å²) in [5.41, 5.74) is 0.864. The number of unbranched alkanes of at least 4 members (excludes halogenated alkanes) is 6. The standard InChI is InChI=1S/C35H50N4O6S/c40-29-14-13-28(33-32(29)37-34(43)46-33)30(41)25-36-18-9-4-2-1-3-5-10-19-38-20-16-35(17-21-38)26-39(22-24-45-35)31(42)15-23-44-27-11-7-6-8-12-27/h6-8,11-14,30,36,40-41H,1-5,9-10,15-26H2,(H,37,43). The first-order valence-electron chi connectivity index (χ1n) is 17.0. The number of hydrogen-bond donors (Lipinski definition) is 4. The summed E-state index contributed by atoms with van der Waals surface area (Å²) in [4.78, 5) is 31.5. The highest BCUT2D eigenvalue weighted by Gasteiger charge is 2.40. The Morgan fingerprint density at radius 3 is 2.54 bits per heavy atom. The highest BCUT2D eigenvalue weighted by atomic mass is 32.1. The highest BCUT2D eigenvalue weighted by molar-refractivity contribution is 7.16. The molecule has 1 atom stereocenters. The molecule has 0 bridgehead atoms. The van der Waals surface area contributed by atoms with Crippen LogP contribution in [-0.2, 0) is 9.53 Å². The SMILES string of the molecule is O=C(CCOc1ccccc1)N1CCOC2(CCN(CCCCCCCCCNCC(O)c3ccc(O)c4[nH]c(=O)sc34)CC2)C1. The van der Waals surface area contributed by atoms with Crippen LogP contribution in [0.4, 0.5) is 0 Å². The Hall–Kier alpha value is -2.96. The fourth-order valence-corrected chi connectivity index (χ4v) is 7.51. The minimum atomic E-state index is -0.732. The van der Waals surface area contributed by atoms with Crippen molar-refractivity contribution in [3.63, 3.8) is 0 Å². The van der Waals surface area contributed by atoms with Gasteiger partial charge in [-0.1, -0.05) is 67.7 Å². The normalized spacial score (nSPS) is 17.5. The predicted octanol–water partition coefficient (Wildman–Crippen LogP) is 4.81. The number of aliphatic hydroxyl groups excluding tert-OH is 1. The predicted molar refractivity (Wildman–Crippen MR) is 182 cm³/mol. The van der Waals surface area contributed by atoms with Crippen LogP contribution in [0.25, 0.3) is 10.2 Å². The molecule has 1 amide bonds. The molecule has 1 spiro atoms. The van der Waals surface area contributed by atoms with Crippen LogP contribution in [-0.4, -0.2) is 95.5 Å². The van der Waals surface area contributed by atoms with Crippen molar-refractivity contribution < 1.29 is 24.5 Å². The van der Waals surface area contributed by atoms with E-state index in [2.05, 4.69) is 15.2 Å². The molecule has 2 aromatic carbocycles.